The van der Waals surface area contributed by atoms with Gasteiger partial charge < -0.3 is 14.7 Å². The minimum absolute atomic E-state index is 0.174. The number of primary amides is 1. The monoisotopic (exact) mass is 316 g/mol. The van der Waals surface area contributed by atoms with Crippen molar-refractivity contribution in [3.05, 3.63) is 16.8 Å². The topological polar surface area (TPSA) is 86.9 Å². The fraction of sp³-hybridized carbons (Fsp3) is 0.222. The molecule has 0 bridgehead atoms. The lowest BCUT2D eigenvalue weighted by Crippen LogP contribution is -2.13. The zero-order chi connectivity index (χ0) is 12.4. The maximum Gasteiger partial charge on any atom is 0.227 e. The van der Waals surface area contributed by atoms with Crippen molar-refractivity contribution >= 4 is 33.6 Å². The molecule has 2 heterocycles. The van der Waals surface area contributed by atoms with Crippen LogP contribution in [0.1, 0.15) is 0 Å². The molecule has 0 aliphatic heterocycles. The molecule has 0 aliphatic rings. The van der Waals surface area contributed by atoms with Crippen LogP contribution in [0, 0.1) is 0 Å². The van der Waals surface area contributed by atoms with Crippen LogP contribution in [0.15, 0.2) is 26.4 Å². The van der Waals surface area contributed by atoms with Crippen LogP contribution in [0.5, 0.6) is 0 Å². The molecule has 0 atom stereocenters. The molecule has 0 unspecified atom stereocenters. The number of carbonyl (C=O) groups is 1. The van der Waals surface area contributed by atoms with Gasteiger partial charge >= 0.3 is 0 Å². The molecule has 0 fully saturated rings. The van der Waals surface area contributed by atoms with Crippen molar-refractivity contribution < 1.29 is 9.21 Å². The number of halogens is 1. The molecule has 0 aliphatic carbocycles. The summed E-state index contributed by atoms with van der Waals surface area (Å²) in [5, 5.41) is 8.59. The lowest BCUT2D eigenvalue weighted by molar-refractivity contribution is -0.115. The number of rotatable bonds is 4. The third-order valence-corrected chi connectivity index (χ3v) is 3.44. The highest BCUT2D eigenvalue weighted by Crippen LogP contribution is 2.25. The number of nitrogens with two attached hydrogens (primary N) is 1. The van der Waals surface area contributed by atoms with Gasteiger partial charge in [0, 0.05) is 7.05 Å². The van der Waals surface area contributed by atoms with Gasteiger partial charge in [-0.2, -0.15) is 0 Å². The summed E-state index contributed by atoms with van der Waals surface area (Å²) in [5.41, 5.74) is 5.07. The highest BCUT2D eigenvalue weighted by Gasteiger charge is 2.14. The van der Waals surface area contributed by atoms with E-state index in [1.807, 2.05) is 0 Å². The van der Waals surface area contributed by atoms with Gasteiger partial charge in [-0.3, -0.25) is 4.79 Å². The van der Waals surface area contributed by atoms with Crippen LogP contribution in [-0.2, 0) is 11.8 Å². The molecule has 0 aromatic carbocycles. The second-order valence-corrected chi connectivity index (χ2v) is 4.95. The van der Waals surface area contributed by atoms with Gasteiger partial charge in [-0.25, -0.2) is 0 Å². The SMILES string of the molecule is Cn1c(SCC(N)=O)nnc1-c1ccc(Br)o1. The highest BCUT2D eigenvalue weighted by atomic mass is 79.9. The summed E-state index contributed by atoms with van der Waals surface area (Å²) in [6, 6.07) is 3.57. The first-order chi connectivity index (χ1) is 8.08. The van der Waals surface area contributed by atoms with Gasteiger partial charge in [0.2, 0.25) is 5.91 Å². The number of amides is 1. The minimum atomic E-state index is -0.389. The average Bonchev–Trinajstić information content (AvgIpc) is 2.82. The van der Waals surface area contributed by atoms with Gasteiger partial charge in [-0.15, -0.1) is 10.2 Å². The van der Waals surface area contributed by atoms with E-state index in [4.69, 9.17) is 10.2 Å². The lowest BCUT2D eigenvalue weighted by Gasteiger charge is -2.00. The molecule has 0 saturated carbocycles. The van der Waals surface area contributed by atoms with Gasteiger partial charge in [0.05, 0.1) is 5.75 Å². The maximum absolute atomic E-state index is 10.7. The van der Waals surface area contributed by atoms with Crippen molar-refractivity contribution in [3.8, 4) is 11.6 Å². The molecule has 0 radical (unpaired) electrons. The first kappa shape index (κ1) is 12.2. The maximum atomic E-state index is 10.7. The van der Waals surface area contributed by atoms with E-state index in [0.29, 0.717) is 21.4 Å². The Bertz CT molecular complexity index is 551. The zero-order valence-electron chi connectivity index (χ0n) is 8.88. The van der Waals surface area contributed by atoms with Gasteiger partial charge in [-0.05, 0) is 28.1 Å². The van der Waals surface area contributed by atoms with Crippen LogP contribution in [0.4, 0.5) is 0 Å². The van der Waals surface area contributed by atoms with E-state index in [-0.39, 0.29) is 11.7 Å². The molecule has 2 N–H and O–H groups in total. The van der Waals surface area contributed by atoms with E-state index in [0.717, 1.165) is 0 Å². The number of aromatic nitrogens is 3. The second kappa shape index (κ2) is 4.92. The number of furan rings is 1. The van der Waals surface area contributed by atoms with Gasteiger partial charge in [0.25, 0.3) is 0 Å². The molecule has 0 saturated heterocycles. The Balaban J connectivity index is 2.23. The summed E-state index contributed by atoms with van der Waals surface area (Å²) >= 11 is 4.46. The minimum Gasteiger partial charge on any atom is -0.446 e. The van der Waals surface area contributed by atoms with Crippen molar-refractivity contribution in [2.45, 2.75) is 5.16 Å². The lowest BCUT2D eigenvalue weighted by atomic mass is 10.4. The number of hydrogen-bond donors (Lipinski definition) is 1. The quantitative estimate of drug-likeness (QED) is 0.862. The third-order valence-electron chi connectivity index (χ3n) is 1.97. The van der Waals surface area contributed by atoms with Gasteiger partial charge in [-0.1, -0.05) is 11.8 Å². The smallest absolute Gasteiger partial charge is 0.227 e. The van der Waals surface area contributed by atoms with E-state index in [2.05, 4.69) is 26.1 Å². The average molecular weight is 317 g/mol. The van der Waals surface area contributed by atoms with Crippen molar-refractivity contribution in [3.63, 3.8) is 0 Å². The number of carbonyl (C=O) groups excluding carboxylic acids is 1. The molecule has 6 nitrogen and oxygen atoms in total. The molecule has 90 valence electrons. The Hall–Kier alpha value is -1.28. The predicted octanol–water partition coefficient (Wildman–Crippen LogP) is 1.41. The standard InChI is InChI=1S/C9H9BrN4O2S/c1-14-8(5-2-3-6(10)16-5)12-13-9(14)17-4-7(11)15/h2-3H,4H2,1H3,(H2,11,15). The van der Waals surface area contributed by atoms with Crippen LogP contribution in [0.3, 0.4) is 0 Å². The largest absolute Gasteiger partial charge is 0.446 e. The van der Waals surface area contributed by atoms with E-state index >= 15 is 0 Å². The van der Waals surface area contributed by atoms with Crippen LogP contribution in [0.25, 0.3) is 11.6 Å². The van der Waals surface area contributed by atoms with Crippen LogP contribution in [-0.4, -0.2) is 26.4 Å². The van der Waals surface area contributed by atoms with E-state index in [1.54, 1.807) is 23.7 Å². The van der Waals surface area contributed by atoms with Gasteiger partial charge in [0.1, 0.15) is 0 Å². The summed E-state index contributed by atoms with van der Waals surface area (Å²) in [6.07, 6.45) is 0. The van der Waals surface area contributed by atoms with Crippen LogP contribution in [0.2, 0.25) is 0 Å². The Kier molecular flexibility index (Phi) is 3.53. The first-order valence-electron chi connectivity index (χ1n) is 4.64. The van der Waals surface area contributed by atoms with Crippen molar-refractivity contribution in [1.82, 2.24) is 14.8 Å². The normalized spacial score (nSPS) is 10.7. The Morgan fingerprint density at radius 3 is 2.94 bits per heavy atom. The number of nitrogens with zero attached hydrogens (tertiary/aromatic N) is 3. The highest BCUT2D eigenvalue weighted by molar-refractivity contribution is 9.10. The fourth-order valence-corrected chi connectivity index (χ4v) is 2.18. The number of thioether (sulfide) groups is 1. The van der Waals surface area contributed by atoms with E-state index < -0.39 is 0 Å². The fourth-order valence-electron chi connectivity index (χ4n) is 1.23. The van der Waals surface area contributed by atoms with Crippen LogP contribution < -0.4 is 5.73 Å². The Labute approximate surface area is 110 Å². The Morgan fingerprint density at radius 1 is 1.59 bits per heavy atom. The molecular formula is C9H9BrN4O2S. The predicted molar refractivity (Wildman–Crippen MR) is 66.3 cm³/mol. The van der Waals surface area contributed by atoms with E-state index in [9.17, 15) is 4.79 Å². The molecule has 8 heteroatoms. The summed E-state index contributed by atoms with van der Waals surface area (Å²) in [5.74, 6) is 0.995. The molecular weight excluding hydrogens is 308 g/mol. The van der Waals surface area contributed by atoms with Gasteiger partial charge in [0.15, 0.2) is 21.4 Å². The van der Waals surface area contributed by atoms with Crippen molar-refractivity contribution in [2.75, 3.05) is 5.75 Å². The Morgan fingerprint density at radius 2 is 2.35 bits per heavy atom. The summed E-state index contributed by atoms with van der Waals surface area (Å²) < 4.78 is 7.76. The molecule has 2 rings (SSSR count). The zero-order valence-corrected chi connectivity index (χ0v) is 11.3. The molecule has 2 aromatic heterocycles. The number of hydrogen-bond acceptors (Lipinski definition) is 5. The van der Waals surface area contributed by atoms with Crippen molar-refractivity contribution in [1.29, 1.82) is 0 Å². The van der Waals surface area contributed by atoms with Crippen LogP contribution >= 0.6 is 27.7 Å². The summed E-state index contributed by atoms with van der Waals surface area (Å²) in [7, 11) is 1.80. The molecule has 17 heavy (non-hydrogen) atoms. The summed E-state index contributed by atoms with van der Waals surface area (Å²) in [6.45, 7) is 0. The molecule has 1 amide bonds. The molecule has 2 aromatic rings. The van der Waals surface area contributed by atoms with Crippen molar-refractivity contribution in [2.24, 2.45) is 12.8 Å². The molecule has 0 spiro atoms. The summed E-state index contributed by atoms with van der Waals surface area (Å²) in [4.78, 5) is 10.7. The van der Waals surface area contributed by atoms with E-state index in [1.165, 1.54) is 11.8 Å². The third kappa shape index (κ3) is 2.70. The first-order valence-corrected chi connectivity index (χ1v) is 6.42. The second-order valence-electron chi connectivity index (χ2n) is 3.22.